The lowest BCUT2D eigenvalue weighted by Crippen LogP contribution is -2.34. The molecule has 0 radical (unpaired) electrons. The molecule has 3 heteroatoms. The van der Waals surface area contributed by atoms with Crippen LogP contribution in [0.25, 0.3) is 17.2 Å². The molecule has 1 aliphatic carbocycles. The Bertz CT molecular complexity index is 980. The molecular formula is C27H34O3. The van der Waals surface area contributed by atoms with E-state index in [1.165, 1.54) is 35.1 Å². The van der Waals surface area contributed by atoms with Crippen molar-refractivity contribution < 1.29 is 14.6 Å². The van der Waals surface area contributed by atoms with Crippen LogP contribution >= 0.6 is 0 Å². The summed E-state index contributed by atoms with van der Waals surface area (Å²) in [5.74, 6) is -1.05. The molecule has 3 nitrogen and oxygen atoms in total. The first-order valence-electron chi connectivity index (χ1n) is 10.9. The number of aryl methyl sites for hydroxylation is 1. The average molecular weight is 407 g/mol. The predicted octanol–water partition coefficient (Wildman–Crippen LogP) is 6.86. The number of hydrogen-bond acceptors (Lipinski definition) is 2. The van der Waals surface area contributed by atoms with Gasteiger partial charge >= 0.3 is 5.97 Å². The fourth-order valence-electron chi connectivity index (χ4n) is 4.36. The maximum atomic E-state index is 11.5. The maximum Gasteiger partial charge on any atom is 0.371 e. The van der Waals surface area contributed by atoms with Crippen molar-refractivity contribution in [3.8, 4) is 11.1 Å². The SMILES string of the molecule is CCCOC(=Cc1cccc(-c2cc3c(cc2C)C(C)(C)CCC3(C)C)c1)C(=O)O. The molecule has 1 N–H and O–H groups in total. The van der Waals surface area contributed by atoms with Crippen LogP contribution in [0.5, 0.6) is 0 Å². The lowest BCUT2D eigenvalue weighted by Gasteiger charge is -2.42. The molecule has 30 heavy (non-hydrogen) atoms. The minimum absolute atomic E-state index is 0.0148. The Morgan fingerprint density at radius 1 is 1.07 bits per heavy atom. The zero-order chi connectivity index (χ0) is 22.1. The van der Waals surface area contributed by atoms with Gasteiger partial charge in [-0.05, 0) is 82.5 Å². The molecule has 1 aliphatic rings. The van der Waals surface area contributed by atoms with E-state index in [1.807, 2.05) is 25.1 Å². The number of benzene rings is 2. The molecule has 0 bridgehead atoms. The second kappa shape index (κ2) is 8.29. The summed E-state index contributed by atoms with van der Waals surface area (Å²) in [5.41, 5.74) is 7.61. The largest absolute Gasteiger partial charge is 0.487 e. The highest BCUT2D eigenvalue weighted by atomic mass is 16.5. The van der Waals surface area contributed by atoms with Crippen molar-refractivity contribution in [2.45, 2.75) is 71.6 Å². The van der Waals surface area contributed by atoms with Crippen LogP contribution in [0.1, 0.15) is 76.1 Å². The molecule has 160 valence electrons. The Morgan fingerprint density at radius 2 is 1.70 bits per heavy atom. The minimum Gasteiger partial charge on any atom is -0.487 e. The lowest BCUT2D eigenvalue weighted by molar-refractivity contribution is -0.136. The van der Waals surface area contributed by atoms with Crippen LogP contribution in [-0.2, 0) is 20.4 Å². The van der Waals surface area contributed by atoms with Crippen molar-refractivity contribution >= 4 is 12.0 Å². The molecule has 0 atom stereocenters. The molecule has 0 saturated heterocycles. The molecule has 3 rings (SSSR count). The van der Waals surface area contributed by atoms with E-state index < -0.39 is 5.97 Å². The molecule has 0 aliphatic heterocycles. The summed E-state index contributed by atoms with van der Waals surface area (Å²) in [4.78, 5) is 11.5. The van der Waals surface area contributed by atoms with Crippen LogP contribution in [0.3, 0.4) is 0 Å². The van der Waals surface area contributed by atoms with Gasteiger partial charge in [-0.2, -0.15) is 0 Å². The van der Waals surface area contributed by atoms with Crippen LogP contribution < -0.4 is 0 Å². The van der Waals surface area contributed by atoms with Crippen molar-refractivity contribution in [3.05, 3.63) is 64.4 Å². The maximum absolute atomic E-state index is 11.5. The summed E-state index contributed by atoms with van der Waals surface area (Å²) in [5, 5.41) is 9.44. The zero-order valence-electron chi connectivity index (χ0n) is 19.1. The highest BCUT2D eigenvalue weighted by Gasteiger charge is 2.37. The Morgan fingerprint density at radius 3 is 2.30 bits per heavy atom. The molecule has 0 heterocycles. The van der Waals surface area contributed by atoms with Gasteiger partial charge in [-0.25, -0.2) is 4.79 Å². The number of carboxylic acids is 1. The van der Waals surface area contributed by atoms with E-state index in [2.05, 4.69) is 52.8 Å². The van der Waals surface area contributed by atoms with Crippen LogP contribution in [0, 0.1) is 6.92 Å². The molecule has 0 spiro atoms. The number of hydrogen-bond donors (Lipinski definition) is 1. The van der Waals surface area contributed by atoms with Gasteiger partial charge in [0.1, 0.15) is 0 Å². The first-order chi connectivity index (χ1) is 14.0. The highest BCUT2D eigenvalue weighted by molar-refractivity contribution is 5.90. The Kier molecular flexibility index (Phi) is 6.12. The Labute approximate surface area is 180 Å². The van der Waals surface area contributed by atoms with Crippen molar-refractivity contribution in [1.82, 2.24) is 0 Å². The van der Waals surface area contributed by atoms with Crippen molar-refractivity contribution in [1.29, 1.82) is 0 Å². The second-order valence-electron chi connectivity index (χ2n) is 9.77. The van der Waals surface area contributed by atoms with Crippen LogP contribution in [0.15, 0.2) is 42.2 Å². The molecule has 0 amide bonds. The number of carbonyl (C=O) groups is 1. The first-order valence-corrected chi connectivity index (χ1v) is 10.9. The van der Waals surface area contributed by atoms with Crippen LogP contribution in [-0.4, -0.2) is 17.7 Å². The third-order valence-electron chi connectivity index (χ3n) is 6.37. The van der Waals surface area contributed by atoms with Crippen molar-refractivity contribution in [2.75, 3.05) is 6.61 Å². The topological polar surface area (TPSA) is 46.5 Å². The summed E-state index contributed by atoms with van der Waals surface area (Å²) in [6.45, 7) is 13.9. The van der Waals surface area contributed by atoms with Crippen molar-refractivity contribution in [2.24, 2.45) is 0 Å². The normalized spacial score (nSPS) is 17.3. The van der Waals surface area contributed by atoms with Gasteiger partial charge in [-0.15, -0.1) is 0 Å². The monoisotopic (exact) mass is 406 g/mol. The van der Waals surface area contributed by atoms with Gasteiger partial charge < -0.3 is 9.84 Å². The van der Waals surface area contributed by atoms with E-state index in [9.17, 15) is 9.90 Å². The smallest absolute Gasteiger partial charge is 0.371 e. The predicted molar refractivity (Wildman–Crippen MR) is 124 cm³/mol. The minimum atomic E-state index is -1.04. The van der Waals surface area contributed by atoms with Crippen molar-refractivity contribution in [3.63, 3.8) is 0 Å². The Balaban J connectivity index is 2.07. The van der Waals surface area contributed by atoms with Crippen LogP contribution in [0.4, 0.5) is 0 Å². The molecule has 0 unspecified atom stereocenters. The third kappa shape index (κ3) is 4.45. The van der Waals surface area contributed by atoms with E-state index >= 15 is 0 Å². The Hall–Kier alpha value is -2.55. The number of fused-ring (bicyclic) bond motifs is 1. The summed E-state index contributed by atoms with van der Waals surface area (Å²) >= 11 is 0. The second-order valence-corrected chi connectivity index (χ2v) is 9.77. The summed E-state index contributed by atoms with van der Waals surface area (Å²) < 4.78 is 5.41. The molecule has 2 aromatic rings. The van der Waals surface area contributed by atoms with E-state index in [4.69, 9.17) is 4.74 Å². The van der Waals surface area contributed by atoms with E-state index in [-0.39, 0.29) is 16.6 Å². The fourth-order valence-corrected chi connectivity index (χ4v) is 4.36. The van der Waals surface area contributed by atoms with E-state index in [1.54, 1.807) is 6.08 Å². The zero-order valence-corrected chi connectivity index (χ0v) is 19.1. The highest BCUT2D eigenvalue weighted by Crippen LogP contribution is 2.47. The quantitative estimate of drug-likeness (QED) is 0.421. The number of ether oxygens (including phenoxy) is 1. The number of rotatable bonds is 6. The van der Waals surface area contributed by atoms with E-state index in [0.717, 1.165) is 17.5 Å². The van der Waals surface area contributed by atoms with Crippen LogP contribution in [0.2, 0.25) is 0 Å². The van der Waals surface area contributed by atoms with Gasteiger partial charge in [0, 0.05) is 0 Å². The van der Waals surface area contributed by atoms with Gasteiger partial charge in [0.2, 0.25) is 5.76 Å². The number of aliphatic carboxylic acids is 1. The summed E-state index contributed by atoms with van der Waals surface area (Å²) in [6.07, 6.45) is 4.75. The molecule has 0 saturated carbocycles. The van der Waals surface area contributed by atoms with E-state index in [0.29, 0.717) is 6.61 Å². The van der Waals surface area contributed by atoms with Gasteiger partial charge in [0.05, 0.1) is 6.61 Å². The average Bonchev–Trinajstić information content (AvgIpc) is 2.68. The van der Waals surface area contributed by atoms with Gasteiger partial charge in [0.25, 0.3) is 0 Å². The standard InChI is InChI=1S/C27H34O3/c1-7-13-30-24(25(28)29)16-19-9-8-10-20(15-19)21-17-23-22(14-18(21)2)26(3,4)11-12-27(23,5)6/h8-10,14-17H,7,11-13H2,1-6H3,(H,28,29). The molecule has 0 fully saturated rings. The molecule has 0 aromatic heterocycles. The lowest BCUT2D eigenvalue weighted by atomic mass is 9.62. The number of carboxylic acid groups (broad SMARTS) is 1. The molecule has 2 aromatic carbocycles. The van der Waals surface area contributed by atoms with Gasteiger partial charge in [0.15, 0.2) is 0 Å². The fraction of sp³-hybridized carbons (Fsp3) is 0.444. The third-order valence-corrected chi connectivity index (χ3v) is 6.37. The van der Waals surface area contributed by atoms with Gasteiger partial charge in [-0.3, -0.25) is 0 Å². The first kappa shape index (κ1) is 22.1. The summed E-state index contributed by atoms with van der Waals surface area (Å²) in [6, 6.07) is 12.8. The van der Waals surface area contributed by atoms with Gasteiger partial charge in [-0.1, -0.05) is 65.0 Å². The summed E-state index contributed by atoms with van der Waals surface area (Å²) in [7, 11) is 0. The molecular weight excluding hydrogens is 372 g/mol.